The molecule has 0 amide bonds. The Morgan fingerprint density at radius 3 is 2.68 bits per heavy atom. The molecule has 1 aromatic heterocycles. The maximum absolute atomic E-state index is 12.9. The van der Waals surface area contributed by atoms with Crippen molar-refractivity contribution in [3.05, 3.63) is 58.4 Å². The van der Waals surface area contributed by atoms with Gasteiger partial charge in [0.25, 0.3) is 5.56 Å². The molecule has 0 N–H and O–H groups in total. The summed E-state index contributed by atoms with van der Waals surface area (Å²) in [6, 6.07) is 12.4. The molecule has 7 heteroatoms. The van der Waals surface area contributed by atoms with Crippen molar-refractivity contribution < 1.29 is 14.3 Å². The van der Waals surface area contributed by atoms with Crippen molar-refractivity contribution in [2.45, 2.75) is 25.0 Å². The molecule has 3 aromatic rings. The average Bonchev–Trinajstić information content (AvgIpc) is 2.71. The minimum Gasteiger partial charge on any atom is -0.486 e. The zero-order valence-electron chi connectivity index (χ0n) is 15.7. The van der Waals surface area contributed by atoms with Gasteiger partial charge in [-0.05, 0) is 44.2 Å². The second kappa shape index (κ2) is 7.67. The maximum atomic E-state index is 12.9. The van der Waals surface area contributed by atoms with E-state index in [-0.39, 0.29) is 23.1 Å². The number of hydrogen-bond donors (Lipinski definition) is 0. The molecule has 28 heavy (non-hydrogen) atoms. The number of Topliss-reactive ketones (excluding diaryl/α,β-unsaturated/α-hetero) is 1. The van der Waals surface area contributed by atoms with Gasteiger partial charge < -0.3 is 9.47 Å². The van der Waals surface area contributed by atoms with E-state index in [1.807, 2.05) is 32.0 Å². The van der Waals surface area contributed by atoms with Gasteiger partial charge in [-0.1, -0.05) is 23.9 Å². The Morgan fingerprint density at radius 1 is 1.14 bits per heavy atom. The van der Waals surface area contributed by atoms with Gasteiger partial charge >= 0.3 is 0 Å². The summed E-state index contributed by atoms with van der Waals surface area (Å²) >= 11 is 1.27. The van der Waals surface area contributed by atoms with Crippen LogP contribution in [0.4, 0.5) is 0 Å². The van der Waals surface area contributed by atoms with Crippen LogP contribution >= 0.6 is 11.8 Å². The van der Waals surface area contributed by atoms with E-state index in [0.29, 0.717) is 46.3 Å². The van der Waals surface area contributed by atoms with Crippen LogP contribution < -0.4 is 15.0 Å². The standard InChI is InChI=1S/C21H20N2O4S/c1-13(2)23-20(25)15-5-3-4-6-16(15)22-21(23)28-12-17(24)14-7-8-18-19(11-14)27-10-9-26-18/h3-8,11,13H,9-10,12H2,1-2H3. The first-order valence-electron chi connectivity index (χ1n) is 9.11. The van der Waals surface area contributed by atoms with Gasteiger partial charge in [-0.2, -0.15) is 0 Å². The van der Waals surface area contributed by atoms with E-state index >= 15 is 0 Å². The Hall–Kier alpha value is -2.80. The summed E-state index contributed by atoms with van der Waals surface area (Å²) in [6.45, 7) is 4.85. The molecule has 0 saturated carbocycles. The number of hydrogen-bond acceptors (Lipinski definition) is 6. The van der Waals surface area contributed by atoms with Crippen molar-refractivity contribution in [3.8, 4) is 11.5 Å². The molecule has 0 unspecified atom stereocenters. The van der Waals surface area contributed by atoms with Gasteiger partial charge in [-0.3, -0.25) is 14.2 Å². The number of carbonyl (C=O) groups is 1. The minimum atomic E-state index is -0.0881. The maximum Gasteiger partial charge on any atom is 0.262 e. The molecule has 0 atom stereocenters. The Morgan fingerprint density at radius 2 is 1.89 bits per heavy atom. The average molecular weight is 396 g/mol. The number of rotatable bonds is 5. The Balaban J connectivity index is 1.61. The normalized spacial score (nSPS) is 13.1. The lowest BCUT2D eigenvalue weighted by molar-refractivity contribution is 0.102. The van der Waals surface area contributed by atoms with Crippen LogP contribution in [0.15, 0.2) is 52.4 Å². The van der Waals surface area contributed by atoms with Crippen molar-refractivity contribution in [1.29, 1.82) is 0 Å². The van der Waals surface area contributed by atoms with Crippen molar-refractivity contribution in [3.63, 3.8) is 0 Å². The first kappa shape index (κ1) is 18.6. The molecule has 0 saturated heterocycles. The SMILES string of the molecule is CC(C)n1c(SCC(=O)c2ccc3c(c2)OCCO3)nc2ccccc2c1=O. The lowest BCUT2D eigenvalue weighted by atomic mass is 10.1. The van der Waals surface area contributed by atoms with Crippen LogP contribution in [0.3, 0.4) is 0 Å². The van der Waals surface area contributed by atoms with E-state index in [2.05, 4.69) is 4.98 Å². The largest absolute Gasteiger partial charge is 0.486 e. The first-order valence-corrected chi connectivity index (χ1v) is 10.1. The fourth-order valence-electron chi connectivity index (χ4n) is 3.11. The topological polar surface area (TPSA) is 70.4 Å². The lowest BCUT2D eigenvalue weighted by Gasteiger charge is -2.18. The molecular formula is C21H20N2O4S. The van der Waals surface area contributed by atoms with Crippen molar-refractivity contribution >= 4 is 28.4 Å². The summed E-state index contributed by atoms with van der Waals surface area (Å²) in [5.74, 6) is 1.36. The second-order valence-electron chi connectivity index (χ2n) is 6.75. The van der Waals surface area contributed by atoms with E-state index in [9.17, 15) is 9.59 Å². The fourth-order valence-corrected chi connectivity index (χ4v) is 4.14. The van der Waals surface area contributed by atoms with Crippen LogP contribution in [0.1, 0.15) is 30.2 Å². The predicted molar refractivity (Wildman–Crippen MR) is 109 cm³/mol. The van der Waals surface area contributed by atoms with Crippen LogP contribution in [-0.2, 0) is 0 Å². The third-order valence-corrected chi connectivity index (χ3v) is 5.44. The summed E-state index contributed by atoms with van der Waals surface area (Å²) in [5.41, 5.74) is 1.10. The number of nitrogens with zero attached hydrogens (tertiary/aromatic N) is 2. The number of ketones is 1. The van der Waals surface area contributed by atoms with Crippen LogP contribution in [-0.4, -0.2) is 34.3 Å². The number of para-hydroxylation sites is 1. The summed E-state index contributed by atoms with van der Waals surface area (Å²) in [4.78, 5) is 30.2. The predicted octanol–water partition coefficient (Wildman–Crippen LogP) is 3.72. The Kier molecular flexibility index (Phi) is 5.09. The smallest absolute Gasteiger partial charge is 0.262 e. The molecule has 2 aromatic carbocycles. The lowest BCUT2D eigenvalue weighted by Crippen LogP contribution is -2.25. The molecule has 0 radical (unpaired) electrons. The van der Waals surface area contributed by atoms with Crippen LogP contribution in [0.5, 0.6) is 11.5 Å². The number of carbonyl (C=O) groups excluding carboxylic acids is 1. The van der Waals surface area contributed by atoms with Crippen molar-refractivity contribution in [2.75, 3.05) is 19.0 Å². The molecule has 1 aliphatic heterocycles. The third-order valence-electron chi connectivity index (χ3n) is 4.49. The molecule has 0 aliphatic carbocycles. The number of benzene rings is 2. The van der Waals surface area contributed by atoms with Gasteiger partial charge in [0.05, 0.1) is 16.7 Å². The highest BCUT2D eigenvalue weighted by Gasteiger charge is 2.18. The molecule has 4 rings (SSSR count). The van der Waals surface area contributed by atoms with Gasteiger partial charge in [-0.25, -0.2) is 4.98 Å². The van der Waals surface area contributed by atoms with E-state index < -0.39 is 0 Å². The zero-order chi connectivity index (χ0) is 19.7. The molecule has 0 spiro atoms. The summed E-state index contributed by atoms with van der Waals surface area (Å²) in [6.07, 6.45) is 0. The number of aromatic nitrogens is 2. The zero-order valence-corrected chi connectivity index (χ0v) is 16.5. The first-order chi connectivity index (χ1) is 13.5. The number of fused-ring (bicyclic) bond motifs is 2. The third kappa shape index (κ3) is 3.49. The van der Waals surface area contributed by atoms with Crippen LogP contribution in [0, 0.1) is 0 Å². The molecular weight excluding hydrogens is 376 g/mol. The quantitative estimate of drug-likeness (QED) is 0.372. The molecule has 0 bridgehead atoms. The van der Waals surface area contributed by atoms with Crippen molar-refractivity contribution in [1.82, 2.24) is 9.55 Å². The van der Waals surface area contributed by atoms with Crippen molar-refractivity contribution in [2.24, 2.45) is 0 Å². The van der Waals surface area contributed by atoms with E-state index in [0.717, 1.165) is 0 Å². The Bertz CT molecular complexity index is 1110. The van der Waals surface area contributed by atoms with Crippen LogP contribution in [0.2, 0.25) is 0 Å². The highest BCUT2D eigenvalue weighted by Crippen LogP contribution is 2.31. The van der Waals surface area contributed by atoms with Crippen LogP contribution in [0.25, 0.3) is 10.9 Å². The van der Waals surface area contributed by atoms with Gasteiger partial charge in [0, 0.05) is 11.6 Å². The summed E-state index contributed by atoms with van der Waals surface area (Å²) in [7, 11) is 0. The molecule has 2 heterocycles. The Labute approximate surface area is 166 Å². The van der Waals surface area contributed by atoms with E-state index in [1.54, 1.807) is 28.8 Å². The van der Waals surface area contributed by atoms with Gasteiger partial charge in [0.15, 0.2) is 22.4 Å². The highest BCUT2D eigenvalue weighted by atomic mass is 32.2. The van der Waals surface area contributed by atoms with E-state index in [4.69, 9.17) is 9.47 Å². The van der Waals surface area contributed by atoms with E-state index in [1.165, 1.54) is 11.8 Å². The number of ether oxygens (including phenoxy) is 2. The fraction of sp³-hybridized carbons (Fsp3) is 0.286. The molecule has 144 valence electrons. The van der Waals surface area contributed by atoms with Gasteiger partial charge in [0.1, 0.15) is 13.2 Å². The molecule has 0 fully saturated rings. The highest BCUT2D eigenvalue weighted by molar-refractivity contribution is 7.99. The molecule has 6 nitrogen and oxygen atoms in total. The second-order valence-corrected chi connectivity index (χ2v) is 7.69. The summed E-state index contributed by atoms with van der Waals surface area (Å²) < 4.78 is 12.7. The number of thioether (sulfide) groups is 1. The monoisotopic (exact) mass is 396 g/mol. The minimum absolute atomic E-state index is 0.0558. The van der Waals surface area contributed by atoms with Gasteiger partial charge in [0.2, 0.25) is 0 Å². The molecule has 1 aliphatic rings. The summed E-state index contributed by atoms with van der Waals surface area (Å²) in [5, 5.41) is 1.13. The van der Waals surface area contributed by atoms with Gasteiger partial charge in [-0.15, -0.1) is 0 Å².